The average molecular weight is 403 g/mol. The first-order valence-corrected chi connectivity index (χ1v) is 10.7. The van der Waals surface area contributed by atoms with Gasteiger partial charge in [-0.1, -0.05) is 32.1 Å². The lowest BCUT2D eigenvalue weighted by Crippen LogP contribution is -2.48. The molecule has 6 N–H and O–H groups in total. The van der Waals surface area contributed by atoms with E-state index in [4.69, 9.17) is 0 Å². The summed E-state index contributed by atoms with van der Waals surface area (Å²) >= 11 is 0. The molecule has 2 aliphatic heterocycles. The summed E-state index contributed by atoms with van der Waals surface area (Å²) in [6.07, 6.45) is 3.94. The summed E-state index contributed by atoms with van der Waals surface area (Å²) in [5, 5.41) is 53.4. The predicted molar refractivity (Wildman–Crippen MR) is 105 cm³/mol. The molecule has 7 atom stereocenters. The average Bonchev–Trinajstić information content (AvgIpc) is 2.94. The Bertz CT molecular complexity index is 474. The number of hydrogen-bond acceptors (Lipinski definition) is 7. The minimum atomic E-state index is -1.12. The number of carbonyl (C=O) groups is 1. The van der Waals surface area contributed by atoms with Crippen molar-refractivity contribution in [3.8, 4) is 0 Å². The molecule has 1 amide bonds. The lowest BCUT2D eigenvalue weighted by Gasteiger charge is -2.31. The number of nitrogens with zero attached hydrogens (tertiary/aromatic N) is 1. The molecule has 2 saturated heterocycles. The predicted octanol–water partition coefficient (Wildman–Crippen LogP) is -0.496. The largest absolute Gasteiger partial charge is 0.394 e. The van der Waals surface area contributed by atoms with Gasteiger partial charge in [-0.2, -0.15) is 0 Å². The lowest BCUT2D eigenvalue weighted by atomic mass is 9.93. The van der Waals surface area contributed by atoms with Gasteiger partial charge < -0.3 is 35.7 Å². The summed E-state index contributed by atoms with van der Waals surface area (Å²) in [5.74, 6) is -0.256. The molecule has 0 aromatic carbocycles. The molecule has 0 bridgehead atoms. The Morgan fingerprint density at radius 1 is 1.07 bits per heavy atom. The molecule has 2 aliphatic rings. The maximum absolute atomic E-state index is 11.9. The van der Waals surface area contributed by atoms with Gasteiger partial charge in [-0.05, 0) is 32.2 Å². The Balaban J connectivity index is 1.66. The number of unbranched alkanes of at least 4 members (excludes halogenated alkanes) is 3. The van der Waals surface area contributed by atoms with Gasteiger partial charge in [-0.3, -0.25) is 4.79 Å². The third kappa shape index (κ3) is 5.87. The summed E-state index contributed by atoms with van der Waals surface area (Å²) in [5.41, 5.74) is 0. The van der Waals surface area contributed by atoms with Crippen LogP contribution in [-0.2, 0) is 4.79 Å². The van der Waals surface area contributed by atoms with E-state index in [-0.39, 0.29) is 18.6 Å². The normalized spacial score (nSPS) is 33.1. The summed E-state index contributed by atoms with van der Waals surface area (Å²) in [6.45, 7) is 1.91. The number of piperidine rings is 1. The topological polar surface area (TPSA) is 133 Å². The Labute approximate surface area is 167 Å². The van der Waals surface area contributed by atoms with Crippen LogP contribution in [0.1, 0.15) is 64.7 Å². The smallest absolute Gasteiger partial charge is 0.220 e. The second-order valence-corrected chi connectivity index (χ2v) is 8.33. The fourth-order valence-corrected chi connectivity index (χ4v) is 4.67. The van der Waals surface area contributed by atoms with Gasteiger partial charge in [0.05, 0.1) is 30.9 Å². The third-order valence-electron chi connectivity index (χ3n) is 6.31. The highest BCUT2D eigenvalue weighted by Gasteiger charge is 2.47. The van der Waals surface area contributed by atoms with Crippen molar-refractivity contribution in [2.75, 3.05) is 13.2 Å². The third-order valence-corrected chi connectivity index (χ3v) is 6.31. The number of carbonyl (C=O) groups excluding carboxylic acids is 1. The summed E-state index contributed by atoms with van der Waals surface area (Å²) < 4.78 is 0. The number of amides is 1. The van der Waals surface area contributed by atoms with Crippen LogP contribution in [0.25, 0.3) is 0 Å². The zero-order valence-electron chi connectivity index (χ0n) is 16.9. The second kappa shape index (κ2) is 11.4. The van der Waals surface area contributed by atoms with E-state index in [1.54, 1.807) is 0 Å². The Kier molecular flexibility index (Phi) is 9.59. The summed E-state index contributed by atoms with van der Waals surface area (Å²) in [7, 11) is 0. The van der Waals surface area contributed by atoms with E-state index in [9.17, 15) is 30.3 Å². The van der Waals surface area contributed by atoms with E-state index >= 15 is 0 Å². The number of nitrogens with one attached hydrogen (secondary N) is 1. The second-order valence-electron chi connectivity index (χ2n) is 8.33. The maximum atomic E-state index is 11.9. The van der Waals surface area contributed by atoms with Crippen LogP contribution in [0.4, 0.5) is 0 Å². The summed E-state index contributed by atoms with van der Waals surface area (Å²) in [6, 6.07) is -1.24. The van der Waals surface area contributed by atoms with Crippen LogP contribution in [-0.4, -0.2) is 92.0 Å². The van der Waals surface area contributed by atoms with E-state index in [2.05, 4.69) is 5.32 Å². The molecule has 164 valence electrons. The molecule has 0 saturated carbocycles. The molecule has 2 fully saturated rings. The molecule has 7 unspecified atom stereocenters. The van der Waals surface area contributed by atoms with Crippen molar-refractivity contribution in [3.05, 3.63) is 0 Å². The van der Waals surface area contributed by atoms with Crippen LogP contribution in [0.5, 0.6) is 0 Å². The van der Waals surface area contributed by atoms with Gasteiger partial charge in [0.15, 0.2) is 0 Å². The number of likely N-dealkylation sites (tertiary alicyclic amines) is 1. The van der Waals surface area contributed by atoms with E-state index in [0.717, 1.165) is 51.5 Å². The fourth-order valence-electron chi connectivity index (χ4n) is 4.67. The van der Waals surface area contributed by atoms with E-state index in [1.165, 1.54) is 11.8 Å². The lowest BCUT2D eigenvalue weighted by molar-refractivity contribution is -0.134. The van der Waals surface area contributed by atoms with Crippen molar-refractivity contribution >= 4 is 5.91 Å². The number of aliphatic hydroxyl groups excluding tert-OH is 5. The van der Waals surface area contributed by atoms with Crippen molar-refractivity contribution in [3.63, 3.8) is 0 Å². The molecule has 8 nitrogen and oxygen atoms in total. The molecule has 2 rings (SSSR count). The van der Waals surface area contributed by atoms with Gasteiger partial charge >= 0.3 is 0 Å². The van der Waals surface area contributed by atoms with Crippen LogP contribution in [0.15, 0.2) is 0 Å². The van der Waals surface area contributed by atoms with Crippen molar-refractivity contribution in [1.82, 2.24) is 10.2 Å². The van der Waals surface area contributed by atoms with Crippen LogP contribution in [0.3, 0.4) is 0 Å². The molecule has 0 radical (unpaired) electrons. The van der Waals surface area contributed by atoms with Crippen LogP contribution in [0, 0.1) is 0 Å². The SMILES string of the molecule is CC(=O)N1C(CO)C(O)C(O)C1CCCCCCC(O)C(O)C1CCCCN1. The van der Waals surface area contributed by atoms with Gasteiger partial charge in [-0.25, -0.2) is 0 Å². The highest BCUT2D eigenvalue weighted by atomic mass is 16.3. The van der Waals surface area contributed by atoms with Gasteiger partial charge in [0.25, 0.3) is 0 Å². The quantitative estimate of drug-likeness (QED) is 0.272. The molecule has 2 heterocycles. The zero-order valence-corrected chi connectivity index (χ0v) is 16.9. The first-order chi connectivity index (χ1) is 13.4. The standard InChI is InChI=1S/C20H38N2O6/c1-13(24)22-15(19(27)20(28)16(22)12-23)9-4-2-3-5-10-17(25)18(26)14-8-6-7-11-21-14/h14-21,23,25-28H,2-12H2,1H3. The molecule has 8 heteroatoms. The van der Waals surface area contributed by atoms with Gasteiger partial charge in [-0.15, -0.1) is 0 Å². The summed E-state index contributed by atoms with van der Waals surface area (Å²) in [4.78, 5) is 13.3. The fraction of sp³-hybridized carbons (Fsp3) is 0.950. The monoisotopic (exact) mass is 402 g/mol. The number of aliphatic hydroxyl groups is 5. The highest BCUT2D eigenvalue weighted by Crippen LogP contribution is 2.29. The minimum Gasteiger partial charge on any atom is -0.394 e. The Morgan fingerprint density at radius 2 is 1.75 bits per heavy atom. The molecule has 0 spiro atoms. The minimum absolute atomic E-state index is 0.0175. The first kappa shape index (κ1) is 23.5. The van der Waals surface area contributed by atoms with Crippen molar-refractivity contribution in [1.29, 1.82) is 0 Å². The van der Waals surface area contributed by atoms with Crippen LogP contribution < -0.4 is 5.32 Å². The van der Waals surface area contributed by atoms with Crippen LogP contribution in [0.2, 0.25) is 0 Å². The van der Waals surface area contributed by atoms with Crippen molar-refractivity contribution < 1.29 is 30.3 Å². The van der Waals surface area contributed by atoms with E-state index in [1.807, 2.05) is 0 Å². The molecular formula is C20H38N2O6. The Hall–Kier alpha value is -0.770. The van der Waals surface area contributed by atoms with Gasteiger partial charge in [0.1, 0.15) is 12.2 Å². The Morgan fingerprint density at radius 3 is 2.36 bits per heavy atom. The molecule has 0 aromatic rings. The van der Waals surface area contributed by atoms with E-state index < -0.39 is 36.5 Å². The number of hydrogen-bond donors (Lipinski definition) is 6. The molecule has 0 aromatic heterocycles. The molecule has 0 aliphatic carbocycles. The molecule has 28 heavy (non-hydrogen) atoms. The van der Waals surface area contributed by atoms with Gasteiger partial charge in [0.2, 0.25) is 5.91 Å². The van der Waals surface area contributed by atoms with Crippen LogP contribution >= 0.6 is 0 Å². The van der Waals surface area contributed by atoms with Crippen molar-refractivity contribution in [2.24, 2.45) is 0 Å². The first-order valence-electron chi connectivity index (χ1n) is 10.7. The van der Waals surface area contributed by atoms with Crippen molar-refractivity contribution in [2.45, 2.75) is 107 Å². The molecular weight excluding hydrogens is 364 g/mol. The zero-order chi connectivity index (χ0) is 20.7. The number of rotatable bonds is 10. The maximum Gasteiger partial charge on any atom is 0.220 e. The van der Waals surface area contributed by atoms with Gasteiger partial charge in [0, 0.05) is 13.0 Å². The highest BCUT2D eigenvalue weighted by molar-refractivity contribution is 5.74. The van der Waals surface area contributed by atoms with E-state index in [0.29, 0.717) is 12.8 Å².